The number of benzene rings is 3. The number of nitrogen functional groups attached to an aromatic ring is 2. The first-order chi connectivity index (χ1) is 18.7. The number of aromatic nitrogens is 4. The first kappa shape index (κ1) is 21.9. The van der Waals surface area contributed by atoms with E-state index < -0.39 is 0 Å². The second-order valence-electron chi connectivity index (χ2n) is 9.21. The molecule has 0 atom stereocenters. The zero-order valence-corrected chi connectivity index (χ0v) is 20.5. The van der Waals surface area contributed by atoms with E-state index in [2.05, 4.69) is 73.7 Å². The number of rotatable bonds is 4. The molecule has 3 aromatic carbocycles. The molecule has 0 radical (unpaired) electrons. The smallest absolute Gasteiger partial charge is 0.112 e. The Morgan fingerprint density at radius 2 is 1.18 bits per heavy atom. The molecule has 0 bridgehead atoms. The number of pyridine rings is 2. The summed E-state index contributed by atoms with van der Waals surface area (Å²) in [5.74, 6) is 0. The van der Waals surface area contributed by atoms with Crippen LogP contribution in [0.4, 0.5) is 11.4 Å². The molecule has 0 aliphatic carbocycles. The van der Waals surface area contributed by atoms with Gasteiger partial charge in [0.1, 0.15) is 5.52 Å². The lowest BCUT2D eigenvalue weighted by atomic mass is 10.1. The number of para-hydroxylation sites is 2. The van der Waals surface area contributed by atoms with Gasteiger partial charge in [-0.15, -0.1) is 0 Å². The Hall–Kier alpha value is -5.36. The van der Waals surface area contributed by atoms with Gasteiger partial charge in [0.05, 0.1) is 33.8 Å². The normalized spacial score (nSPS) is 11.4. The third-order valence-corrected chi connectivity index (χ3v) is 7.03. The summed E-state index contributed by atoms with van der Waals surface area (Å²) in [6, 6.07) is 34.8. The molecule has 0 fully saturated rings. The van der Waals surface area contributed by atoms with Crippen LogP contribution < -0.4 is 11.5 Å². The monoisotopic (exact) mass is 492 g/mol. The molecular weight excluding hydrogens is 468 g/mol. The first-order valence-electron chi connectivity index (χ1n) is 12.4. The molecule has 182 valence electrons. The maximum atomic E-state index is 6.95. The molecule has 4 N–H and O–H groups in total. The molecule has 0 saturated carbocycles. The highest BCUT2D eigenvalue weighted by molar-refractivity contribution is 6.08. The molecule has 7 aromatic rings. The van der Waals surface area contributed by atoms with E-state index in [-0.39, 0.29) is 0 Å². The average Bonchev–Trinajstić information content (AvgIpc) is 3.44. The lowest BCUT2D eigenvalue weighted by Gasteiger charge is -2.16. The molecule has 0 spiro atoms. The van der Waals surface area contributed by atoms with Crippen LogP contribution in [0.5, 0.6) is 0 Å². The minimum absolute atomic E-state index is 0.590. The summed E-state index contributed by atoms with van der Waals surface area (Å²) in [4.78, 5) is 8.91. The van der Waals surface area contributed by atoms with Crippen LogP contribution in [0.3, 0.4) is 0 Å². The van der Waals surface area contributed by atoms with Crippen LogP contribution >= 0.6 is 0 Å². The molecule has 0 aliphatic rings. The minimum Gasteiger partial charge on any atom is -0.396 e. The fourth-order valence-electron chi connectivity index (χ4n) is 5.32. The van der Waals surface area contributed by atoms with Crippen LogP contribution in [0.25, 0.3) is 55.8 Å². The maximum absolute atomic E-state index is 6.95. The number of nitrogens with zero attached hydrogens (tertiary/aromatic N) is 4. The Morgan fingerprint density at radius 1 is 0.526 bits per heavy atom. The van der Waals surface area contributed by atoms with E-state index in [1.54, 1.807) is 12.4 Å². The van der Waals surface area contributed by atoms with E-state index in [4.69, 9.17) is 11.5 Å². The standard InChI is InChI=1S/C32H24N6/c33-28-25-11-4-5-12-26(25)37(24-16-14-21(15-17-24)22-8-6-18-35-20-22)31(28)32-29(34)30-27(13-7-19-36-30)38(32)23-9-2-1-3-10-23/h1-20H,33-34H2. The molecule has 4 aromatic heterocycles. The predicted molar refractivity (Wildman–Crippen MR) is 155 cm³/mol. The van der Waals surface area contributed by atoms with Crippen molar-refractivity contribution in [2.45, 2.75) is 0 Å². The summed E-state index contributed by atoms with van der Waals surface area (Å²) in [6.45, 7) is 0. The fraction of sp³-hybridized carbons (Fsp3) is 0. The van der Waals surface area contributed by atoms with Gasteiger partial charge >= 0.3 is 0 Å². The van der Waals surface area contributed by atoms with E-state index in [0.29, 0.717) is 11.4 Å². The Labute approximate surface area is 219 Å². The fourth-order valence-corrected chi connectivity index (χ4v) is 5.32. The van der Waals surface area contributed by atoms with Gasteiger partial charge in [-0.25, -0.2) is 0 Å². The van der Waals surface area contributed by atoms with Crippen LogP contribution in [-0.4, -0.2) is 19.1 Å². The number of nitrogens with two attached hydrogens (primary N) is 2. The van der Waals surface area contributed by atoms with E-state index in [0.717, 1.165) is 55.8 Å². The van der Waals surface area contributed by atoms with Gasteiger partial charge in [0.15, 0.2) is 0 Å². The molecule has 6 nitrogen and oxygen atoms in total. The molecule has 0 saturated heterocycles. The van der Waals surface area contributed by atoms with Gasteiger partial charge < -0.3 is 20.6 Å². The topological polar surface area (TPSA) is 87.7 Å². The highest BCUT2D eigenvalue weighted by atomic mass is 15.1. The minimum atomic E-state index is 0.590. The molecule has 7 rings (SSSR count). The average molecular weight is 493 g/mol. The van der Waals surface area contributed by atoms with Crippen molar-refractivity contribution in [3.05, 3.63) is 122 Å². The second-order valence-corrected chi connectivity index (χ2v) is 9.21. The van der Waals surface area contributed by atoms with Crippen LogP contribution in [0.2, 0.25) is 0 Å². The van der Waals surface area contributed by atoms with Gasteiger partial charge in [0.25, 0.3) is 0 Å². The summed E-state index contributed by atoms with van der Waals surface area (Å²) in [5.41, 5.74) is 23.5. The van der Waals surface area contributed by atoms with Gasteiger partial charge in [0, 0.05) is 35.4 Å². The number of hydrogen-bond acceptors (Lipinski definition) is 4. The molecule has 38 heavy (non-hydrogen) atoms. The quantitative estimate of drug-likeness (QED) is 0.281. The molecule has 0 amide bonds. The van der Waals surface area contributed by atoms with Crippen molar-refractivity contribution in [3.8, 4) is 33.9 Å². The zero-order chi connectivity index (χ0) is 25.6. The zero-order valence-electron chi connectivity index (χ0n) is 20.5. The third kappa shape index (κ3) is 3.28. The van der Waals surface area contributed by atoms with Gasteiger partial charge in [-0.1, -0.05) is 54.6 Å². The van der Waals surface area contributed by atoms with E-state index in [1.807, 2.05) is 54.7 Å². The lowest BCUT2D eigenvalue weighted by Crippen LogP contribution is -2.05. The van der Waals surface area contributed by atoms with E-state index >= 15 is 0 Å². The van der Waals surface area contributed by atoms with Crippen molar-refractivity contribution < 1.29 is 0 Å². The molecule has 6 heteroatoms. The van der Waals surface area contributed by atoms with Crippen molar-refractivity contribution in [2.24, 2.45) is 0 Å². The Bertz CT molecular complexity index is 1920. The Balaban J connectivity index is 1.55. The number of hydrogen-bond donors (Lipinski definition) is 2. The summed E-state index contributed by atoms with van der Waals surface area (Å²) in [5, 5.41) is 0.969. The predicted octanol–water partition coefficient (Wildman–Crippen LogP) is 6.86. The first-order valence-corrected chi connectivity index (χ1v) is 12.4. The van der Waals surface area contributed by atoms with Crippen LogP contribution in [0.1, 0.15) is 0 Å². The lowest BCUT2D eigenvalue weighted by molar-refractivity contribution is 1.07. The van der Waals surface area contributed by atoms with Crippen molar-refractivity contribution in [1.82, 2.24) is 19.1 Å². The highest BCUT2D eigenvalue weighted by Crippen LogP contribution is 2.45. The highest BCUT2D eigenvalue weighted by Gasteiger charge is 2.26. The maximum Gasteiger partial charge on any atom is 0.112 e. The van der Waals surface area contributed by atoms with Crippen molar-refractivity contribution in [3.63, 3.8) is 0 Å². The summed E-state index contributed by atoms with van der Waals surface area (Å²) in [7, 11) is 0. The number of fused-ring (bicyclic) bond motifs is 2. The number of anilines is 2. The SMILES string of the molecule is Nc1c(-c2c(N)c3ncccc3n2-c2ccccc2)n(-c2ccc(-c3cccnc3)cc2)c2ccccc12. The largest absolute Gasteiger partial charge is 0.396 e. The third-order valence-electron chi connectivity index (χ3n) is 7.03. The Morgan fingerprint density at radius 3 is 1.97 bits per heavy atom. The van der Waals surface area contributed by atoms with Gasteiger partial charge in [-0.05, 0) is 59.7 Å². The summed E-state index contributed by atoms with van der Waals surface area (Å²) < 4.78 is 4.35. The Kier molecular flexibility index (Phi) is 4.97. The van der Waals surface area contributed by atoms with E-state index in [1.165, 1.54) is 0 Å². The molecule has 4 heterocycles. The molecule has 0 unspecified atom stereocenters. The van der Waals surface area contributed by atoms with Gasteiger partial charge in [0.2, 0.25) is 0 Å². The van der Waals surface area contributed by atoms with Gasteiger partial charge in [-0.3, -0.25) is 9.97 Å². The van der Waals surface area contributed by atoms with Crippen LogP contribution in [-0.2, 0) is 0 Å². The van der Waals surface area contributed by atoms with Crippen LogP contribution in [0.15, 0.2) is 122 Å². The summed E-state index contributed by atoms with van der Waals surface area (Å²) >= 11 is 0. The van der Waals surface area contributed by atoms with Crippen molar-refractivity contribution in [1.29, 1.82) is 0 Å². The van der Waals surface area contributed by atoms with Gasteiger partial charge in [-0.2, -0.15) is 0 Å². The van der Waals surface area contributed by atoms with Crippen molar-refractivity contribution >= 4 is 33.3 Å². The van der Waals surface area contributed by atoms with E-state index in [9.17, 15) is 0 Å². The molecule has 0 aliphatic heterocycles. The molecular formula is C32H24N6. The second kappa shape index (κ2) is 8.64. The van der Waals surface area contributed by atoms with Crippen LogP contribution in [0, 0.1) is 0 Å². The van der Waals surface area contributed by atoms with Crippen molar-refractivity contribution in [2.75, 3.05) is 11.5 Å². The summed E-state index contributed by atoms with van der Waals surface area (Å²) in [6.07, 6.45) is 5.42.